The zero-order chi connectivity index (χ0) is 20.2. The molecule has 0 saturated carbocycles. The second kappa shape index (κ2) is 8.15. The third-order valence-corrected chi connectivity index (χ3v) is 5.17. The monoisotopic (exact) mass is 415 g/mol. The minimum Gasteiger partial charge on any atom is -0.223 e. The molecule has 142 valence electrons. The van der Waals surface area contributed by atoms with Gasteiger partial charge in [0, 0.05) is 16.7 Å². The SMILES string of the molecule is CS(=O)(=O)/C(C#N)=C/c1cc(Cc2ccc(SC(F)(F)F)cc2)ccc1F. The van der Waals surface area contributed by atoms with E-state index in [1.54, 1.807) is 0 Å². The van der Waals surface area contributed by atoms with Gasteiger partial charge in [-0.15, -0.1) is 0 Å². The Bertz CT molecular complexity index is 1010. The highest BCUT2D eigenvalue weighted by atomic mass is 32.2. The first-order valence-corrected chi connectivity index (χ1v) is 10.1. The van der Waals surface area contributed by atoms with E-state index in [1.807, 2.05) is 0 Å². The number of halogens is 4. The summed E-state index contributed by atoms with van der Waals surface area (Å²) < 4.78 is 74.0. The zero-order valence-corrected chi connectivity index (χ0v) is 15.6. The second-order valence-corrected chi connectivity index (χ2v) is 8.74. The Morgan fingerprint density at radius 2 is 1.74 bits per heavy atom. The van der Waals surface area contributed by atoms with E-state index in [0.717, 1.165) is 18.4 Å². The third kappa shape index (κ3) is 6.41. The Labute approximate surface area is 158 Å². The number of allylic oxidation sites excluding steroid dienone is 1. The van der Waals surface area contributed by atoms with Crippen LogP contribution in [-0.2, 0) is 16.3 Å². The van der Waals surface area contributed by atoms with Crippen LogP contribution in [0.2, 0.25) is 0 Å². The van der Waals surface area contributed by atoms with Crippen molar-refractivity contribution in [1.82, 2.24) is 0 Å². The highest BCUT2D eigenvalue weighted by molar-refractivity contribution is 8.00. The van der Waals surface area contributed by atoms with Gasteiger partial charge in [0.1, 0.15) is 16.8 Å². The Morgan fingerprint density at radius 3 is 2.26 bits per heavy atom. The van der Waals surface area contributed by atoms with Crippen molar-refractivity contribution in [2.24, 2.45) is 0 Å². The van der Waals surface area contributed by atoms with Gasteiger partial charge >= 0.3 is 5.51 Å². The maximum atomic E-state index is 13.9. The highest BCUT2D eigenvalue weighted by Gasteiger charge is 2.28. The molecule has 0 aliphatic carbocycles. The molecule has 0 spiro atoms. The van der Waals surface area contributed by atoms with Crippen molar-refractivity contribution in [3.8, 4) is 6.07 Å². The van der Waals surface area contributed by atoms with Gasteiger partial charge in [0.15, 0.2) is 9.84 Å². The minimum atomic E-state index is -4.36. The number of rotatable bonds is 5. The molecule has 0 atom stereocenters. The molecule has 0 unspecified atom stereocenters. The van der Waals surface area contributed by atoms with E-state index in [0.29, 0.717) is 17.5 Å². The van der Waals surface area contributed by atoms with Gasteiger partial charge in [-0.05, 0) is 59.7 Å². The standard InChI is InChI=1S/C18H13F4NO2S2/c1-27(24,25)16(11-23)10-14-9-13(4-7-17(14)19)8-12-2-5-15(6-3-12)26-18(20,21)22/h2-7,9-10H,8H2,1H3/b16-10+. The molecule has 0 bridgehead atoms. The normalized spacial score (nSPS) is 12.7. The molecule has 0 amide bonds. The number of hydrogen-bond acceptors (Lipinski definition) is 4. The van der Waals surface area contributed by atoms with Crippen molar-refractivity contribution in [1.29, 1.82) is 5.26 Å². The van der Waals surface area contributed by atoms with E-state index in [-0.39, 0.29) is 22.2 Å². The summed E-state index contributed by atoms with van der Waals surface area (Å²) in [6.45, 7) is 0. The summed E-state index contributed by atoms with van der Waals surface area (Å²) in [6, 6.07) is 11.3. The van der Waals surface area contributed by atoms with Gasteiger partial charge in [0.2, 0.25) is 0 Å². The molecule has 0 fully saturated rings. The summed E-state index contributed by atoms with van der Waals surface area (Å²) in [6.07, 6.45) is 2.11. The smallest absolute Gasteiger partial charge is 0.223 e. The first-order chi connectivity index (χ1) is 12.5. The summed E-state index contributed by atoms with van der Waals surface area (Å²) in [5, 5.41) is 8.92. The second-order valence-electron chi connectivity index (χ2n) is 5.62. The molecule has 2 aromatic carbocycles. The van der Waals surface area contributed by atoms with Crippen molar-refractivity contribution < 1.29 is 26.0 Å². The minimum absolute atomic E-state index is 0.0563. The largest absolute Gasteiger partial charge is 0.446 e. The number of nitrogens with zero attached hydrogens (tertiary/aromatic N) is 1. The summed E-state index contributed by atoms with van der Waals surface area (Å²) in [4.78, 5) is -0.507. The van der Waals surface area contributed by atoms with E-state index in [9.17, 15) is 26.0 Å². The zero-order valence-electron chi connectivity index (χ0n) is 13.9. The maximum absolute atomic E-state index is 13.9. The lowest BCUT2D eigenvalue weighted by atomic mass is 10.0. The van der Waals surface area contributed by atoms with Crippen molar-refractivity contribution >= 4 is 27.7 Å². The van der Waals surface area contributed by atoms with Crippen LogP contribution in [0.15, 0.2) is 52.3 Å². The van der Waals surface area contributed by atoms with E-state index < -0.39 is 26.1 Å². The van der Waals surface area contributed by atoms with Crippen LogP contribution in [0.3, 0.4) is 0 Å². The molecule has 0 aliphatic rings. The Morgan fingerprint density at radius 1 is 1.15 bits per heavy atom. The molecular formula is C18H13F4NO2S2. The van der Waals surface area contributed by atoms with E-state index in [4.69, 9.17) is 5.26 Å². The van der Waals surface area contributed by atoms with Gasteiger partial charge in [-0.3, -0.25) is 0 Å². The molecule has 2 aromatic rings. The molecule has 0 saturated heterocycles. The summed E-state index contributed by atoms with van der Waals surface area (Å²) in [5.41, 5.74) is -3.10. The van der Waals surface area contributed by atoms with Crippen LogP contribution < -0.4 is 0 Å². The average Bonchev–Trinajstić information content (AvgIpc) is 2.54. The van der Waals surface area contributed by atoms with Gasteiger partial charge in [-0.2, -0.15) is 18.4 Å². The van der Waals surface area contributed by atoms with Crippen LogP contribution in [0, 0.1) is 17.1 Å². The van der Waals surface area contributed by atoms with E-state index in [1.165, 1.54) is 42.5 Å². The van der Waals surface area contributed by atoms with Crippen LogP contribution in [0.5, 0.6) is 0 Å². The molecule has 9 heteroatoms. The summed E-state index contributed by atoms with van der Waals surface area (Å²) >= 11 is -0.213. The lowest BCUT2D eigenvalue weighted by Gasteiger charge is -2.08. The average molecular weight is 415 g/mol. The number of alkyl halides is 3. The number of thioether (sulfide) groups is 1. The molecular weight excluding hydrogens is 402 g/mol. The third-order valence-electron chi connectivity index (χ3n) is 3.42. The molecule has 0 heterocycles. The molecule has 0 aromatic heterocycles. The topological polar surface area (TPSA) is 57.9 Å². The quantitative estimate of drug-likeness (QED) is 0.394. The van der Waals surface area contributed by atoms with E-state index >= 15 is 0 Å². The fourth-order valence-corrected chi connectivity index (χ4v) is 3.27. The molecule has 0 aliphatic heterocycles. The lowest BCUT2D eigenvalue weighted by Crippen LogP contribution is -2.00. The molecule has 27 heavy (non-hydrogen) atoms. The number of benzene rings is 2. The molecule has 0 N–H and O–H groups in total. The van der Waals surface area contributed by atoms with Crippen LogP contribution in [0.4, 0.5) is 17.6 Å². The Balaban J connectivity index is 2.26. The van der Waals surface area contributed by atoms with Crippen molar-refractivity contribution in [3.05, 3.63) is 69.9 Å². The van der Waals surface area contributed by atoms with Gasteiger partial charge in [-0.25, -0.2) is 12.8 Å². The predicted octanol–water partition coefficient (Wildman–Crippen LogP) is 4.94. The first kappa shape index (κ1) is 21.0. The van der Waals surface area contributed by atoms with Crippen LogP contribution in [-0.4, -0.2) is 20.2 Å². The van der Waals surface area contributed by atoms with Gasteiger partial charge in [0.25, 0.3) is 0 Å². The lowest BCUT2D eigenvalue weighted by molar-refractivity contribution is -0.0328. The maximum Gasteiger partial charge on any atom is 0.446 e. The van der Waals surface area contributed by atoms with Crippen molar-refractivity contribution in [3.63, 3.8) is 0 Å². The van der Waals surface area contributed by atoms with Gasteiger partial charge in [0.05, 0.1) is 0 Å². The van der Waals surface area contributed by atoms with Crippen LogP contribution in [0.25, 0.3) is 6.08 Å². The Kier molecular flexibility index (Phi) is 6.34. The Hall–Kier alpha value is -2.31. The summed E-state index contributed by atoms with van der Waals surface area (Å²) in [5.74, 6) is -0.688. The summed E-state index contributed by atoms with van der Waals surface area (Å²) in [7, 11) is -3.78. The van der Waals surface area contributed by atoms with Gasteiger partial charge < -0.3 is 0 Å². The molecule has 2 rings (SSSR count). The van der Waals surface area contributed by atoms with Crippen molar-refractivity contribution in [2.45, 2.75) is 16.8 Å². The number of hydrogen-bond donors (Lipinski definition) is 0. The van der Waals surface area contributed by atoms with Crippen molar-refractivity contribution in [2.75, 3.05) is 6.26 Å². The number of nitriles is 1. The van der Waals surface area contributed by atoms with Crippen LogP contribution >= 0.6 is 11.8 Å². The fraction of sp³-hybridized carbons (Fsp3) is 0.167. The molecule has 0 radical (unpaired) electrons. The number of sulfone groups is 1. The fourth-order valence-electron chi connectivity index (χ4n) is 2.22. The van der Waals surface area contributed by atoms with Gasteiger partial charge in [-0.1, -0.05) is 18.2 Å². The first-order valence-electron chi connectivity index (χ1n) is 7.43. The van der Waals surface area contributed by atoms with E-state index in [2.05, 4.69) is 0 Å². The predicted molar refractivity (Wildman–Crippen MR) is 96.0 cm³/mol. The highest BCUT2D eigenvalue weighted by Crippen LogP contribution is 2.36. The molecule has 3 nitrogen and oxygen atoms in total. The van der Waals surface area contributed by atoms with Crippen LogP contribution in [0.1, 0.15) is 16.7 Å².